The van der Waals surface area contributed by atoms with E-state index in [0.29, 0.717) is 0 Å². The molecule has 0 aliphatic carbocycles. The number of esters is 1. The summed E-state index contributed by atoms with van der Waals surface area (Å²) in [4.78, 5) is 10.9. The average Bonchev–Trinajstić information content (AvgIpc) is 2.01. The summed E-state index contributed by atoms with van der Waals surface area (Å²) in [6.07, 6.45) is 0. The van der Waals surface area contributed by atoms with Crippen LogP contribution in [0.25, 0.3) is 0 Å². The van der Waals surface area contributed by atoms with Gasteiger partial charge >= 0.3 is 5.97 Å². The van der Waals surface area contributed by atoms with Crippen molar-refractivity contribution in [3.63, 3.8) is 0 Å². The molecule has 0 saturated heterocycles. The Hall–Kier alpha value is -0.830. The van der Waals surface area contributed by atoms with E-state index in [1.807, 2.05) is 0 Å². The third-order valence-corrected chi connectivity index (χ3v) is 1.03. The van der Waals surface area contributed by atoms with Crippen molar-refractivity contribution in [3.05, 3.63) is 39.8 Å². The van der Waals surface area contributed by atoms with Crippen LogP contribution in [0.1, 0.15) is 0 Å². The normalized spacial score (nSPS) is 11.1. The lowest BCUT2D eigenvalue weighted by Crippen LogP contribution is -2.37. The monoisotopic (exact) mass is 178 g/mol. The van der Waals surface area contributed by atoms with Crippen LogP contribution in [0.3, 0.4) is 0 Å². The summed E-state index contributed by atoms with van der Waals surface area (Å²) in [6.45, 7) is 23.4. The predicted octanol–water partition coefficient (Wildman–Crippen LogP) is 0.686. The van der Waals surface area contributed by atoms with Gasteiger partial charge in [0.05, 0.1) is 13.2 Å². The van der Waals surface area contributed by atoms with E-state index < -0.39 is 11.6 Å². The predicted molar refractivity (Wildman–Crippen MR) is 46.0 cm³/mol. The molecule has 0 aromatic rings. The highest BCUT2D eigenvalue weighted by Gasteiger charge is 2.30. The summed E-state index contributed by atoms with van der Waals surface area (Å²) in [5, 5.41) is 0. The van der Waals surface area contributed by atoms with Gasteiger partial charge in [0.15, 0.2) is 5.60 Å². The Morgan fingerprint density at radius 2 is 2.00 bits per heavy atom. The largest absolute Gasteiger partial charge is 0.463 e. The van der Waals surface area contributed by atoms with Gasteiger partial charge in [-0.2, -0.15) is 0 Å². The summed E-state index contributed by atoms with van der Waals surface area (Å²) in [7, 11) is 0. The Balaban J connectivity index is 4.05. The summed E-state index contributed by atoms with van der Waals surface area (Å²) in [6, 6.07) is 0. The number of ether oxygens (including phenoxy) is 2. The smallest absolute Gasteiger partial charge is 0.339 e. The van der Waals surface area contributed by atoms with Crippen molar-refractivity contribution in [1.82, 2.24) is 0 Å². The highest BCUT2D eigenvalue weighted by atomic mass is 16.6. The minimum atomic E-state index is -2.04. The second-order valence-electron chi connectivity index (χ2n) is 2.34. The second-order valence-corrected chi connectivity index (χ2v) is 2.34. The Bertz CT molecular complexity index is 194. The van der Waals surface area contributed by atoms with E-state index in [1.54, 1.807) is 0 Å². The van der Waals surface area contributed by atoms with Gasteiger partial charge in [-0.25, -0.2) is 4.79 Å². The van der Waals surface area contributed by atoms with Gasteiger partial charge in [0.2, 0.25) is 0 Å². The topological polar surface area (TPSA) is 35.5 Å². The molecule has 0 heterocycles. The molecule has 0 amide bonds. The number of carbonyl (C=O) groups is 1. The molecule has 3 heteroatoms. The fourth-order valence-corrected chi connectivity index (χ4v) is 0.460. The molecule has 0 unspecified atom stereocenters. The van der Waals surface area contributed by atoms with Crippen molar-refractivity contribution in [2.75, 3.05) is 13.2 Å². The third kappa shape index (κ3) is 4.68. The molecular formula is C10H10O3. The number of carbonyl (C=O) groups excluding carboxylic acids is 1. The van der Waals surface area contributed by atoms with E-state index in [-0.39, 0.29) is 18.8 Å². The minimum absolute atomic E-state index is 0.132. The van der Waals surface area contributed by atoms with E-state index in [4.69, 9.17) is 32.4 Å². The number of hydrogen-bond donors (Lipinski definition) is 0. The van der Waals surface area contributed by atoms with Crippen molar-refractivity contribution in [2.24, 2.45) is 0 Å². The van der Waals surface area contributed by atoms with Crippen LogP contribution in [-0.4, -0.2) is 24.8 Å². The molecule has 0 atom stereocenters. The Morgan fingerprint density at radius 1 is 1.46 bits per heavy atom. The van der Waals surface area contributed by atoms with Crippen molar-refractivity contribution >= 4 is 5.97 Å². The van der Waals surface area contributed by atoms with Crippen LogP contribution in [-0.2, 0) is 14.3 Å². The molecule has 0 saturated carbocycles. The highest BCUT2D eigenvalue weighted by molar-refractivity contribution is 5.81. The maximum Gasteiger partial charge on any atom is 0.339 e. The number of rotatable bonds is 5. The number of hydrogen-bond acceptors (Lipinski definition) is 3. The van der Waals surface area contributed by atoms with E-state index in [1.165, 1.54) is 0 Å². The van der Waals surface area contributed by atoms with Crippen LogP contribution in [0.5, 0.6) is 0 Å². The summed E-state index contributed by atoms with van der Waals surface area (Å²) in [5.41, 5.74) is -1.84. The quantitative estimate of drug-likeness (QED) is 0.581. The zero-order chi connectivity index (χ0) is 10.5. The fourth-order valence-electron chi connectivity index (χ4n) is 0.460. The van der Waals surface area contributed by atoms with E-state index >= 15 is 0 Å². The molecule has 0 aromatic heterocycles. The lowest BCUT2D eigenvalue weighted by atomic mass is 10.1. The molecule has 0 N–H and O–H groups in total. The van der Waals surface area contributed by atoms with E-state index in [2.05, 4.69) is 11.3 Å². The molecule has 0 rings (SSSR count). The van der Waals surface area contributed by atoms with Crippen LogP contribution in [0, 0.1) is 27.7 Å². The van der Waals surface area contributed by atoms with Gasteiger partial charge in [0, 0.05) is 20.8 Å². The van der Waals surface area contributed by atoms with Gasteiger partial charge in [0.25, 0.3) is 0 Å². The van der Waals surface area contributed by atoms with Crippen LogP contribution < -0.4 is 0 Å². The van der Waals surface area contributed by atoms with Gasteiger partial charge in [0.1, 0.15) is 0 Å². The molecule has 0 aliphatic rings. The summed E-state index contributed by atoms with van der Waals surface area (Å²) in [5.74, 6) is -0.962. The molecular weight excluding hydrogens is 168 g/mol. The molecule has 8 radical (unpaired) electrons. The summed E-state index contributed by atoms with van der Waals surface area (Å²) >= 11 is 0. The molecule has 0 aromatic carbocycles. The molecule has 0 fully saturated rings. The average molecular weight is 178 g/mol. The molecule has 13 heavy (non-hydrogen) atoms. The first-order valence-corrected chi connectivity index (χ1v) is 3.42. The first-order chi connectivity index (χ1) is 5.90. The van der Waals surface area contributed by atoms with Gasteiger partial charge in [-0.05, 0) is 12.5 Å². The van der Waals surface area contributed by atoms with Crippen LogP contribution in [0.2, 0.25) is 0 Å². The fraction of sp³-hybridized carbons (Fsp3) is 0.300. The maximum atomic E-state index is 10.9. The molecule has 0 bridgehead atoms. The van der Waals surface area contributed by atoms with Crippen molar-refractivity contribution in [3.8, 4) is 0 Å². The van der Waals surface area contributed by atoms with Gasteiger partial charge < -0.3 is 9.47 Å². The standard InChI is InChI=1S/C10H10O3/c1-6-12-9(11)10(4,5)13-7-8(2)3/h1-2,4-5H,3,6-7H2. The highest BCUT2D eigenvalue weighted by Crippen LogP contribution is 2.11. The Kier molecular flexibility index (Phi) is 4.70. The third-order valence-electron chi connectivity index (χ3n) is 1.03. The van der Waals surface area contributed by atoms with Crippen molar-refractivity contribution < 1.29 is 14.3 Å². The SMILES string of the molecule is [CH]COC(=O)C([CH])([CH])OCC([CH])=C. The zero-order valence-electron chi connectivity index (χ0n) is 7.16. The molecule has 0 aliphatic heterocycles. The first-order valence-electron chi connectivity index (χ1n) is 3.42. The van der Waals surface area contributed by atoms with Crippen LogP contribution in [0.4, 0.5) is 0 Å². The van der Waals surface area contributed by atoms with Gasteiger partial charge in [-0.1, -0.05) is 6.58 Å². The lowest BCUT2D eigenvalue weighted by molar-refractivity contribution is -0.159. The first kappa shape index (κ1) is 12.2. The van der Waals surface area contributed by atoms with Crippen LogP contribution in [0.15, 0.2) is 12.2 Å². The molecule has 0 spiro atoms. The molecule has 3 nitrogen and oxygen atoms in total. The second kappa shape index (κ2) is 5.02. The summed E-state index contributed by atoms with van der Waals surface area (Å²) < 4.78 is 9.04. The van der Waals surface area contributed by atoms with Gasteiger partial charge in [-0.3, -0.25) is 0 Å². The van der Waals surface area contributed by atoms with Crippen LogP contribution >= 0.6 is 0 Å². The molecule has 68 valence electrons. The Morgan fingerprint density at radius 3 is 2.38 bits per heavy atom. The van der Waals surface area contributed by atoms with Gasteiger partial charge in [-0.15, -0.1) is 0 Å². The minimum Gasteiger partial charge on any atom is -0.463 e. The maximum absolute atomic E-state index is 10.9. The van der Waals surface area contributed by atoms with E-state index in [0.717, 1.165) is 0 Å². The lowest BCUT2D eigenvalue weighted by Gasteiger charge is -2.21. The van der Waals surface area contributed by atoms with E-state index in [9.17, 15) is 4.79 Å². The zero-order valence-corrected chi connectivity index (χ0v) is 7.16. The Labute approximate surface area is 79.7 Å². The van der Waals surface area contributed by atoms with Crippen molar-refractivity contribution in [1.29, 1.82) is 0 Å². The van der Waals surface area contributed by atoms with Crippen molar-refractivity contribution in [2.45, 2.75) is 5.60 Å².